The molecule has 2 aromatic carbocycles. The minimum Gasteiger partial charge on any atom is -0.496 e. The van der Waals surface area contributed by atoms with E-state index in [1.54, 1.807) is 18.2 Å². The summed E-state index contributed by atoms with van der Waals surface area (Å²) >= 11 is 0. The third-order valence-corrected chi connectivity index (χ3v) is 2.84. The molecule has 5 nitrogen and oxygen atoms in total. The molecule has 0 spiro atoms. The van der Waals surface area contributed by atoms with Gasteiger partial charge in [0.2, 0.25) is 0 Å². The Hall–Kier alpha value is -2.63. The van der Waals surface area contributed by atoms with Gasteiger partial charge in [-0.1, -0.05) is 0 Å². The van der Waals surface area contributed by atoms with Crippen molar-refractivity contribution in [3.05, 3.63) is 36.1 Å². The average molecular weight is 293 g/mol. The third kappa shape index (κ3) is 3.28. The minimum atomic E-state index is -0.588. The second-order valence-electron chi connectivity index (χ2n) is 4.18. The highest BCUT2D eigenvalue weighted by molar-refractivity contribution is 5.57. The molecule has 2 aromatic rings. The number of nitrogen functional groups attached to an aromatic ring is 1. The van der Waals surface area contributed by atoms with Crippen LogP contribution < -0.4 is 24.7 Å². The highest BCUT2D eigenvalue weighted by Gasteiger charge is 2.12. The third-order valence-electron chi connectivity index (χ3n) is 2.84. The summed E-state index contributed by atoms with van der Waals surface area (Å²) in [5.41, 5.74) is 5.82. The molecule has 0 saturated carbocycles. The van der Waals surface area contributed by atoms with Crippen molar-refractivity contribution < 1.29 is 23.3 Å². The van der Waals surface area contributed by atoms with E-state index in [1.165, 1.54) is 27.4 Å². The lowest BCUT2D eigenvalue weighted by Crippen LogP contribution is -1.97. The normalized spacial score (nSPS) is 10.1. The number of ether oxygens (including phenoxy) is 4. The Kier molecular flexibility index (Phi) is 4.37. The molecular formula is C15H16FNO4. The zero-order valence-corrected chi connectivity index (χ0v) is 12.0. The second-order valence-corrected chi connectivity index (χ2v) is 4.18. The fourth-order valence-electron chi connectivity index (χ4n) is 1.77. The molecule has 0 fully saturated rings. The Morgan fingerprint density at radius 2 is 1.33 bits per heavy atom. The molecular weight excluding hydrogens is 277 g/mol. The number of methoxy groups -OCH3 is 3. The molecule has 0 unspecified atom stereocenters. The molecule has 0 aromatic heterocycles. The van der Waals surface area contributed by atoms with E-state index in [-0.39, 0.29) is 11.4 Å². The first kappa shape index (κ1) is 14.8. The van der Waals surface area contributed by atoms with E-state index in [0.29, 0.717) is 23.0 Å². The number of hydrogen-bond donors (Lipinski definition) is 1. The van der Waals surface area contributed by atoms with Gasteiger partial charge in [-0.25, -0.2) is 4.39 Å². The van der Waals surface area contributed by atoms with Gasteiger partial charge < -0.3 is 24.7 Å². The van der Waals surface area contributed by atoms with Gasteiger partial charge in [-0.2, -0.15) is 0 Å². The summed E-state index contributed by atoms with van der Waals surface area (Å²) in [7, 11) is 4.48. The maximum absolute atomic E-state index is 13.9. The maximum atomic E-state index is 13.9. The van der Waals surface area contributed by atoms with E-state index in [0.717, 1.165) is 6.07 Å². The van der Waals surface area contributed by atoms with Crippen molar-refractivity contribution in [2.24, 2.45) is 0 Å². The Morgan fingerprint density at radius 1 is 0.762 bits per heavy atom. The number of halogens is 1. The maximum Gasteiger partial charge on any atom is 0.168 e. The Labute approximate surface area is 122 Å². The number of benzene rings is 2. The van der Waals surface area contributed by atoms with Gasteiger partial charge in [0.25, 0.3) is 0 Å². The molecule has 0 bridgehead atoms. The monoisotopic (exact) mass is 293 g/mol. The van der Waals surface area contributed by atoms with Crippen molar-refractivity contribution in [2.75, 3.05) is 27.1 Å². The molecule has 0 aliphatic carbocycles. The van der Waals surface area contributed by atoms with Crippen LogP contribution in [0.5, 0.6) is 28.7 Å². The van der Waals surface area contributed by atoms with E-state index < -0.39 is 5.82 Å². The molecule has 112 valence electrons. The number of anilines is 1. The van der Waals surface area contributed by atoms with Crippen LogP contribution >= 0.6 is 0 Å². The lowest BCUT2D eigenvalue weighted by molar-refractivity contribution is 0.381. The largest absolute Gasteiger partial charge is 0.496 e. The standard InChI is InChI=1S/C15H16FNO4/c1-18-9-4-10(19-2)6-11(5-9)21-14-8-15(20-3)13(17)7-12(14)16/h4-8H,17H2,1-3H3. The predicted molar refractivity (Wildman–Crippen MR) is 77.0 cm³/mol. The molecule has 0 atom stereocenters. The zero-order chi connectivity index (χ0) is 15.4. The van der Waals surface area contributed by atoms with Crippen molar-refractivity contribution in [3.8, 4) is 28.7 Å². The van der Waals surface area contributed by atoms with Crippen molar-refractivity contribution in [2.45, 2.75) is 0 Å². The van der Waals surface area contributed by atoms with Crippen molar-refractivity contribution in [3.63, 3.8) is 0 Å². The summed E-state index contributed by atoms with van der Waals surface area (Å²) in [6, 6.07) is 7.45. The molecule has 0 heterocycles. The number of rotatable bonds is 5. The Morgan fingerprint density at radius 3 is 1.86 bits per heavy atom. The van der Waals surface area contributed by atoms with E-state index >= 15 is 0 Å². The van der Waals surface area contributed by atoms with Gasteiger partial charge in [0.05, 0.1) is 27.0 Å². The zero-order valence-electron chi connectivity index (χ0n) is 12.0. The van der Waals surface area contributed by atoms with Crippen molar-refractivity contribution in [1.82, 2.24) is 0 Å². The summed E-state index contributed by atoms with van der Waals surface area (Å²) < 4.78 is 34.7. The molecule has 0 amide bonds. The van der Waals surface area contributed by atoms with Gasteiger partial charge >= 0.3 is 0 Å². The van der Waals surface area contributed by atoms with Crippen molar-refractivity contribution >= 4 is 5.69 Å². The lowest BCUT2D eigenvalue weighted by atomic mass is 10.2. The second kappa shape index (κ2) is 6.21. The highest BCUT2D eigenvalue weighted by Crippen LogP contribution is 2.35. The lowest BCUT2D eigenvalue weighted by Gasteiger charge is -2.12. The fourth-order valence-corrected chi connectivity index (χ4v) is 1.77. The van der Waals surface area contributed by atoms with Gasteiger partial charge in [-0.3, -0.25) is 0 Å². The van der Waals surface area contributed by atoms with E-state index in [1.807, 2.05) is 0 Å². The van der Waals surface area contributed by atoms with Crippen LogP contribution in [0, 0.1) is 5.82 Å². The SMILES string of the molecule is COc1cc(OC)cc(Oc2cc(OC)c(N)cc2F)c1. The molecule has 0 aliphatic heterocycles. The summed E-state index contributed by atoms with van der Waals surface area (Å²) in [4.78, 5) is 0. The highest BCUT2D eigenvalue weighted by atomic mass is 19.1. The molecule has 6 heteroatoms. The van der Waals surface area contributed by atoms with Crippen molar-refractivity contribution in [1.29, 1.82) is 0 Å². The first-order valence-corrected chi connectivity index (χ1v) is 6.11. The Balaban J connectivity index is 2.37. The molecule has 21 heavy (non-hydrogen) atoms. The van der Waals surface area contributed by atoms with Gasteiger partial charge in [0.1, 0.15) is 23.0 Å². The molecule has 0 radical (unpaired) electrons. The van der Waals surface area contributed by atoms with Crippen LogP contribution in [0.15, 0.2) is 30.3 Å². The minimum absolute atomic E-state index is 0.00337. The van der Waals surface area contributed by atoms with Crippen LogP contribution in [0.2, 0.25) is 0 Å². The quantitative estimate of drug-likeness (QED) is 0.857. The predicted octanol–water partition coefficient (Wildman–Crippen LogP) is 3.23. The van der Waals surface area contributed by atoms with E-state index in [2.05, 4.69) is 0 Å². The van der Waals surface area contributed by atoms with Gasteiger partial charge in [0, 0.05) is 30.3 Å². The molecule has 0 saturated heterocycles. The van der Waals surface area contributed by atoms with Crippen LogP contribution in [0.3, 0.4) is 0 Å². The molecule has 2 rings (SSSR count). The molecule has 0 aliphatic rings. The summed E-state index contributed by atoms with van der Waals surface area (Å²) in [5.74, 6) is 1.18. The fraction of sp³-hybridized carbons (Fsp3) is 0.200. The first-order chi connectivity index (χ1) is 10.1. The Bertz CT molecular complexity index is 624. The van der Waals surface area contributed by atoms with E-state index in [4.69, 9.17) is 24.7 Å². The van der Waals surface area contributed by atoms with Crippen LogP contribution in [0.4, 0.5) is 10.1 Å². The van der Waals surface area contributed by atoms with Crippen LogP contribution in [-0.2, 0) is 0 Å². The van der Waals surface area contributed by atoms with E-state index in [9.17, 15) is 4.39 Å². The van der Waals surface area contributed by atoms with Crippen LogP contribution in [0.1, 0.15) is 0 Å². The van der Waals surface area contributed by atoms with Crippen LogP contribution in [-0.4, -0.2) is 21.3 Å². The average Bonchev–Trinajstić information content (AvgIpc) is 2.49. The van der Waals surface area contributed by atoms with Gasteiger partial charge in [-0.15, -0.1) is 0 Å². The molecule has 2 N–H and O–H groups in total. The van der Waals surface area contributed by atoms with Gasteiger partial charge in [-0.05, 0) is 0 Å². The number of hydrogen-bond acceptors (Lipinski definition) is 5. The smallest absolute Gasteiger partial charge is 0.168 e. The van der Waals surface area contributed by atoms with Crippen LogP contribution in [0.25, 0.3) is 0 Å². The number of nitrogens with two attached hydrogens (primary N) is 1. The summed E-state index contributed by atoms with van der Waals surface area (Å²) in [6.45, 7) is 0. The van der Waals surface area contributed by atoms with Gasteiger partial charge in [0.15, 0.2) is 11.6 Å². The first-order valence-electron chi connectivity index (χ1n) is 6.11. The summed E-state index contributed by atoms with van der Waals surface area (Å²) in [5, 5.41) is 0. The summed E-state index contributed by atoms with van der Waals surface area (Å²) in [6.07, 6.45) is 0. The topological polar surface area (TPSA) is 62.9 Å².